The Balaban J connectivity index is 2.36. The molecule has 0 saturated carbocycles. The molecular formula is C10H13NOS. The molecule has 0 atom stereocenters. The highest BCUT2D eigenvalue weighted by Gasteiger charge is 2.35. The normalized spacial score (nSPS) is 29.3. The van der Waals surface area contributed by atoms with Crippen LogP contribution in [0.25, 0.3) is 0 Å². The standard InChI is InChI=1S/C10H13NOS/c1-10(2)7-12-9(11(10)3)8-5-4-6-13-8/h4-5H,7H2,1-3H3/b9-8+. The van der Waals surface area contributed by atoms with E-state index in [0.29, 0.717) is 0 Å². The molecule has 0 unspecified atom stereocenters. The second-order valence-corrected chi connectivity index (χ2v) is 4.76. The van der Waals surface area contributed by atoms with Crippen molar-refractivity contribution in [3.8, 4) is 5.18 Å². The van der Waals surface area contributed by atoms with Gasteiger partial charge in [0, 0.05) is 7.05 Å². The van der Waals surface area contributed by atoms with Crippen molar-refractivity contribution in [2.24, 2.45) is 0 Å². The summed E-state index contributed by atoms with van der Waals surface area (Å²) < 4.78 is 5.66. The Morgan fingerprint density at radius 1 is 1.62 bits per heavy atom. The van der Waals surface area contributed by atoms with Gasteiger partial charge in [-0.2, -0.15) is 0 Å². The van der Waals surface area contributed by atoms with Gasteiger partial charge in [-0.3, -0.25) is 0 Å². The molecule has 0 bridgehead atoms. The molecule has 70 valence electrons. The molecule has 0 spiro atoms. The molecule has 13 heavy (non-hydrogen) atoms. The minimum atomic E-state index is 0.110. The van der Waals surface area contributed by atoms with Gasteiger partial charge in [0.25, 0.3) is 0 Å². The second-order valence-electron chi connectivity index (χ2n) is 3.88. The van der Waals surface area contributed by atoms with Crippen molar-refractivity contribution < 1.29 is 4.74 Å². The summed E-state index contributed by atoms with van der Waals surface area (Å²) in [6.07, 6.45) is 3.97. The molecule has 3 heteroatoms. The molecule has 2 aliphatic rings. The highest BCUT2D eigenvalue weighted by atomic mass is 32.1. The van der Waals surface area contributed by atoms with Gasteiger partial charge in [0.05, 0.1) is 10.4 Å². The molecule has 2 heterocycles. The second kappa shape index (κ2) is 2.79. The zero-order valence-electron chi connectivity index (χ0n) is 8.13. The number of hydrogen-bond donors (Lipinski definition) is 0. The van der Waals surface area contributed by atoms with Crippen LogP contribution in [-0.4, -0.2) is 24.1 Å². The minimum absolute atomic E-state index is 0.110. The highest BCUT2D eigenvalue weighted by Crippen LogP contribution is 2.32. The first kappa shape index (κ1) is 8.67. The summed E-state index contributed by atoms with van der Waals surface area (Å²) in [7, 11) is 2.07. The van der Waals surface area contributed by atoms with Crippen molar-refractivity contribution in [2.45, 2.75) is 19.4 Å². The fraction of sp³-hybridized carbons (Fsp3) is 0.500. The van der Waals surface area contributed by atoms with Crippen molar-refractivity contribution in [1.29, 1.82) is 0 Å². The predicted molar refractivity (Wildman–Crippen MR) is 55.4 cm³/mol. The molecule has 1 fully saturated rings. The fourth-order valence-electron chi connectivity index (χ4n) is 1.31. The van der Waals surface area contributed by atoms with Crippen molar-refractivity contribution in [3.63, 3.8) is 0 Å². The maximum atomic E-state index is 5.66. The summed E-state index contributed by atoms with van der Waals surface area (Å²) in [5.74, 6) is 0.983. The summed E-state index contributed by atoms with van der Waals surface area (Å²) in [6, 6.07) is 0. The Kier molecular flexibility index (Phi) is 1.86. The quantitative estimate of drug-likeness (QED) is 0.587. The zero-order valence-corrected chi connectivity index (χ0v) is 8.94. The number of nitrogens with zero attached hydrogens (tertiary/aromatic N) is 1. The van der Waals surface area contributed by atoms with Gasteiger partial charge < -0.3 is 9.64 Å². The average molecular weight is 195 g/mol. The lowest BCUT2D eigenvalue weighted by Gasteiger charge is -2.25. The summed E-state index contributed by atoms with van der Waals surface area (Å²) in [5, 5.41) is 3.07. The Labute approximate surface area is 82.5 Å². The number of likely N-dealkylation sites (N-methyl/N-ethyl adjacent to an activating group) is 1. The van der Waals surface area contributed by atoms with Gasteiger partial charge >= 0.3 is 0 Å². The van der Waals surface area contributed by atoms with E-state index in [1.54, 1.807) is 11.2 Å². The lowest BCUT2D eigenvalue weighted by atomic mass is 10.1. The molecule has 0 aromatic carbocycles. The predicted octanol–water partition coefficient (Wildman–Crippen LogP) is 2.16. The summed E-state index contributed by atoms with van der Waals surface area (Å²) in [6.45, 7) is 5.12. The third kappa shape index (κ3) is 1.34. The minimum Gasteiger partial charge on any atom is -0.476 e. The molecule has 2 rings (SSSR count). The smallest absolute Gasteiger partial charge is 0.208 e. The van der Waals surface area contributed by atoms with Gasteiger partial charge in [-0.25, -0.2) is 0 Å². The van der Waals surface area contributed by atoms with Crippen molar-refractivity contribution >= 4 is 11.2 Å². The van der Waals surface area contributed by atoms with Crippen molar-refractivity contribution in [3.05, 3.63) is 22.9 Å². The van der Waals surface area contributed by atoms with Gasteiger partial charge in [-0.05, 0) is 26.0 Å². The van der Waals surface area contributed by atoms with E-state index < -0.39 is 0 Å². The van der Waals surface area contributed by atoms with Gasteiger partial charge in [-0.1, -0.05) is 16.4 Å². The monoisotopic (exact) mass is 195 g/mol. The third-order valence-corrected chi connectivity index (χ3v) is 3.24. The van der Waals surface area contributed by atoms with Crippen LogP contribution in [0.1, 0.15) is 13.8 Å². The maximum Gasteiger partial charge on any atom is 0.208 e. The number of rotatable bonds is 0. The zero-order chi connectivity index (χ0) is 9.47. The van der Waals surface area contributed by atoms with E-state index in [9.17, 15) is 0 Å². The SMILES string of the molecule is CN1/C(=C2/C=CC#S2)OCC1(C)C. The highest BCUT2D eigenvalue weighted by molar-refractivity contribution is 7.93. The van der Waals surface area contributed by atoms with Crippen LogP contribution in [0.3, 0.4) is 0 Å². The van der Waals surface area contributed by atoms with Crippen LogP contribution in [0.15, 0.2) is 22.9 Å². The Hall–Kier alpha value is -0.920. The van der Waals surface area contributed by atoms with Gasteiger partial charge in [0.15, 0.2) is 0 Å². The van der Waals surface area contributed by atoms with Gasteiger partial charge in [0.2, 0.25) is 5.88 Å². The first-order chi connectivity index (χ1) is 6.11. The summed E-state index contributed by atoms with van der Waals surface area (Å²) >= 11 is 1.60. The van der Waals surface area contributed by atoms with Crippen LogP contribution >= 0.6 is 11.2 Å². The van der Waals surface area contributed by atoms with Crippen molar-refractivity contribution in [2.75, 3.05) is 13.7 Å². The van der Waals surface area contributed by atoms with Crippen LogP contribution < -0.4 is 0 Å². The fourth-order valence-corrected chi connectivity index (χ4v) is 1.99. The van der Waals surface area contributed by atoms with E-state index in [0.717, 1.165) is 17.4 Å². The van der Waals surface area contributed by atoms with Gasteiger partial charge in [0.1, 0.15) is 6.61 Å². The molecule has 0 aliphatic carbocycles. The van der Waals surface area contributed by atoms with Crippen LogP contribution in [-0.2, 0) is 4.74 Å². The molecule has 0 amide bonds. The van der Waals surface area contributed by atoms with E-state index in [1.165, 1.54) is 0 Å². The van der Waals surface area contributed by atoms with Gasteiger partial charge in [-0.15, -0.1) is 0 Å². The Morgan fingerprint density at radius 3 is 2.85 bits per heavy atom. The largest absolute Gasteiger partial charge is 0.476 e. The van der Waals surface area contributed by atoms with E-state index in [-0.39, 0.29) is 5.54 Å². The first-order valence-corrected chi connectivity index (χ1v) is 5.13. The molecule has 0 aromatic rings. The van der Waals surface area contributed by atoms with E-state index in [4.69, 9.17) is 4.74 Å². The topological polar surface area (TPSA) is 12.5 Å². The lowest BCUT2D eigenvalue weighted by molar-refractivity contribution is 0.236. The van der Waals surface area contributed by atoms with E-state index >= 15 is 0 Å². The number of ether oxygens (including phenoxy) is 1. The number of hydrogen-bond acceptors (Lipinski definition) is 2. The Morgan fingerprint density at radius 2 is 2.38 bits per heavy atom. The summed E-state index contributed by atoms with van der Waals surface area (Å²) in [5.41, 5.74) is 0.110. The molecule has 1 saturated heterocycles. The van der Waals surface area contributed by atoms with Crippen LogP contribution in [0.2, 0.25) is 0 Å². The van der Waals surface area contributed by atoms with Crippen LogP contribution in [0.4, 0.5) is 0 Å². The summed E-state index contributed by atoms with van der Waals surface area (Å²) in [4.78, 5) is 3.35. The maximum absolute atomic E-state index is 5.66. The average Bonchev–Trinajstić information content (AvgIpc) is 2.63. The number of allylic oxidation sites excluding steroid dienone is 2. The molecule has 2 aliphatic heterocycles. The van der Waals surface area contributed by atoms with Crippen LogP contribution in [0.5, 0.6) is 0 Å². The molecule has 2 nitrogen and oxygen atoms in total. The Bertz CT molecular complexity index is 357. The third-order valence-electron chi connectivity index (χ3n) is 2.46. The van der Waals surface area contributed by atoms with E-state index in [1.807, 2.05) is 12.2 Å². The first-order valence-electron chi connectivity index (χ1n) is 4.31. The van der Waals surface area contributed by atoms with E-state index in [2.05, 4.69) is 31.0 Å². The molecule has 0 N–H and O–H groups in total. The lowest BCUT2D eigenvalue weighted by Crippen LogP contribution is -2.36. The van der Waals surface area contributed by atoms with Crippen LogP contribution in [0, 0.1) is 5.18 Å². The molecular weight excluding hydrogens is 182 g/mol. The molecule has 0 aromatic heterocycles. The van der Waals surface area contributed by atoms with Crippen molar-refractivity contribution in [1.82, 2.24) is 4.90 Å². The molecule has 0 radical (unpaired) electrons.